The van der Waals surface area contributed by atoms with Crippen molar-refractivity contribution in [2.45, 2.75) is 33.7 Å². The molecule has 0 aliphatic carbocycles. The maximum atomic E-state index is 14.2. The lowest BCUT2D eigenvalue weighted by molar-refractivity contribution is 0.0997. The van der Waals surface area contributed by atoms with Crippen molar-refractivity contribution in [1.82, 2.24) is 4.57 Å². The molecule has 0 aliphatic rings. The molecule has 0 radical (unpaired) electrons. The van der Waals surface area contributed by atoms with Crippen LogP contribution in [0, 0.1) is 25.5 Å². The van der Waals surface area contributed by atoms with Crippen molar-refractivity contribution in [3.63, 3.8) is 0 Å². The molecule has 0 spiro atoms. The molecular weight excluding hydrogens is 342 g/mol. The van der Waals surface area contributed by atoms with Crippen molar-refractivity contribution in [3.05, 3.63) is 63.5 Å². The summed E-state index contributed by atoms with van der Waals surface area (Å²) in [4.78, 5) is 17.2. The summed E-state index contributed by atoms with van der Waals surface area (Å²) in [5, 5.41) is 0. The monoisotopic (exact) mass is 360 g/mol. The normalized spacial score (nSPS) is 12.1. The summed E-state index contributed by atoms with van der Waals surface area (Å²) in [6.07, 6.45) is 0.744. The number of rotatable bonds is 3. The Morgan fingerprint density at radius 2 is 1.96 bits per heavy atom. The molecule has 0 saturated carbocycles. The standard InChI is InChI=1S/C19H18F2N2OS/c1-4-7-23-17-15(21)9-13(20)10-16(17)25-19(23)22-18(24)14-6-5-11(2)8-12(14)3/h5-6,8-10H,4,7H2,1-3H3. The average Bonchev–Trinajstić information content (AvgIpc) is 2.85. The Morgan fingerprint density at radius 3 is 2.64 bits per heavy atom. The van der Waals surface area contributed by atoms with E-state index < -0.39 is 11.6 Å². The number of carbonyl (C=O) groups excluding carboxylic acids is 1. The van der Waals surface area contributed by atoms with E-state index in [1.807, 2.05) is 32.9 Å². The molecule has 0 N–H and O–H groups in total. The van der Waals surface area contributed by atoms with Gasteiger partial charge in [-0.15, -0.1) is 0 Å². The van der Waals surface area contributed by atoms with Crippen molar-refractivity contribution < 1.29 is 13.6 Å². The molecule has 0 aliphatic heterocycles. The number of carbonyl (C=O) groups is 1. The van der Waals surface area contributed by atoms with Crippen molar-refractivity contribution in [2.24, 2.45) is 4.99 Å². The fourth-order valence-corrected chi connectivity index (χ4v) is 3.94. The predicted octanol–water partition coefficient (Wildman–Crippen LogP) is 4.75. The maximum absolute atomic E-state index is 14.2. The van der Waals surface area contributed by atoms with Crippen LogP contribution >= 0.6 is 11.3 Å². The Bertz CT molecular complexity index is 1030. The molecule has 25 heavy (non-hydrogen) atoms. The zero-order valence-electron chi connectivity index (χ0n) is 14.3. The van der Waals surface area contributed by atoms with E-state index in [9.17, 15) is 13.6 Å². The van der Waals surface area contributed by atoms with Crippen LogP contribution in [0.3, 0.4) is 0 Å². The second-order valence-corrected chi connectivity index (χ2v) is 7.02. The summed E-state index contributed by atoms with van der Waals surface area (Å²) in [6.45, 7) is 6.27. The highest BCUT2D eigenvalue weighted by Crippen LogP contribution is 2.23. The summed E-state index contributed by atoms with van der Waals surface area (Å²) in [6, 6.07) is 7.65. The third-order valence-corrected chi connectivity index (χ3v) is 4.98. The first-order valence-electron chi connectivity index (χ1n) is 8.05. The number of thiazole rings is 1. The highest BCUT2D eigenvalue weighted by molar-refractivity contribution is 7.16. The van der Waals surface area contributed by atoms with Crippen LogP contribution < -0.4 is 4.80 Å². The Balaban J connectivity index is 2.20. The Kier molecular flexibility index (Phi) is 4.81. The highest BCUT2D eigenvalue weighted by Gasteiger charge is 2.14. The van der Waals surface area contributed by atoms with Gasteiger partial charge in [0.15, 0.2) is 10.6 Å². The van der Waals surface area contributed by atoms with E-state index >= 15 is 0 Å². The smallest absolute Gasteiger partial charge is 0.279 e. The molecule has 0 unspecified atom stereocenters. The SMILES string of the molecule is CCCn1c(=NC(=O)c2ccc(C)cc2C)sc2cc(F)cc(F)c21. The summed E-state index contributed by atoms with van der Waals surface area (Å²) < 4.78 is 29.8. The van der Waals surface area contributed by atoms with E-state index in [4.69, 9.17) is 0 Å². The number of aromatic nitrogens is 1. The number of halogens is 2. The fraction of sp³-hybridized carbons (Fsp3) is 0.263. The molecule has 2 aromatic carbocycles. The van der Waals surface area contributed by atoms with Crippen molar-refractivity contribution in [1.29, 1.82) is 0 Å². The minimum Gasteiger partial charge on any atom is -0.314 e. The van der Waals surface area contributed by atoms with Gasteiger partial charge in [-0.2, -0.15) is 4.99 Å². The largest absolute Gasteiger partial charge is 0.314 e. The molecule has 3 nitrogen and oxygen atoms in total. The van der Waals surface area contributed by atoms with Gasteiger partial charge in [0, 0.05) is 18.2 Å². The Morgan fingerprint density at radius 1 is 1.20 bits per heavy atom. The minimum atomic E-state index is -0.639. The van der Waals surface area contributed by atoms with Crippen molar-refractivity contribution >= 4 is 27.5 Å². The molecule has 1 amide bonds. The lowest BCUT2D eigenvalue weighted by Crippen LogP contribution is -2.17. The molecular formula is C19H18F2N2OS. The van der Waals surface area contributed by atoms with E-state index in [0.29, 0.717) is 27.1 Å². The van der Waals surface area contributed by atoms with Gasteiger partial charge < -0.3 is 4.57 Å². The number of hydrogen-bond donors (Lipinski definition) is 0. The summed E-state index contributed by atoms with van der Waals surface area (Å²) in [5.41, 5.74) is 2.71. The number of hydrogen-bond acceptors (Lipinski definition) is 2. The molecule has 1 aromatic heterocycles. The quantitative estimate of drug-likeness (QED) is 0.664. The molecule has 0 saturated heterocycles. The van der Waals surface area contributed by atoms with Crippen LogP contribution in [0.5, 0.6) is 0 Å². The van der Waals surface area contributed by atoms with Crippen LogP contribution in [0.15, 0.2) is 35.3 Å². The molecule has 1 heterocycles. The van der Waals surface area contributed by atoms with Gasteiger partial charge in [-0.25, -0.2) is 8.78 Å². The molecule has 3 rings (SSSR count). The molecule has 3 aromatic rings. The summed E-state index contributed by atoms with van der Waals surface area (Å²) in [7, 11) is 0. The topological polar surface area (TPSA) is 34.4 Å². The fourth-order valence-electron chi connectivity index (χ4n) is 2.85. The number of benzene rings is 2. The van der Waals surface area contributed by atoms with Crippen molar-refractivity contribution in [2.75, 3.05) is 0 Å². The van der Waals surface area contributed by atoms with Gasteiger partial charge in [0.1, 0.15) is 5.82 Å². The van der Waals surface area contributed by atoms with Crippen LogP contribution in [-0.4, -0.2) is 10.5 Å². The van der Waals surface area contributed by atoms with Crippen LogP contribution in [0.4, 0.5) is 8.78 Å². The zero-order chi connectivity index (χ0) is 18.1. The molecule has 0 atom stereocenters. The van der Waals surface area contributed by atoms with Crippen molar-refractivity contribution in [3.8, 4) is 0 Å². The first-order chi connectivity index (χ1) is 11.9. The van der Waals surface area contributed by atoms with Gasteiger partial charge in [-0.1, -0.05) is 36.0 Å². The lowest BCUT2D eigenvalue weighted by Gasteiger charge is -2.05. The Labute approximate surface area is 148 Å². The van der Waals surface area contributed by atoms with Crippen LogP contribution in [0.25, 0.3) is 10.2 Å². The predicted molar refractivity (Wildman–Crippen MR) is 95.8 cm³/mol. The maximum Gasteiger partial charge on any atom is 0.279 e. The molecule has 0 fully saturated rings. The number of amides is 1. The molecule has 0 bridgehead atoms. The number of fused-ring (bicyclic) bond motifs is 1. The third kappa shape index (κ3) is 3.39. The van der Waals surface area contributed by atoms with Gasteiger partial charge in [0.25, 0.3) is 5.91 Å². The van der Waals surface area contributed by atoms with E-state index in [1.165, 1.54) is 6.07 Å². The van der Waals surface area contributed by atoms with E-state index in [0.717, 1.165) is 35.0 Å². The molecule has 130 valence electrons. The van der Waals surface area contributed by atoms with E-state index in [-0.39, 0.29) is 5.91 Å². The highest BCUT2D eigenvalue weighted by atomic mass is 32.1. The van der Waals surface area contributed by atoms with E-state index in [2.05, 4.69) is 4.99 Å². The second kappa shape index (κ2) is 6.88. The second-order valence-electron chi connectivity index (χ2n) is 6.01. The first-order valence-corrected chi connectivity index (χ1v) is 8.87. The van der Waals surface area contributed by atoms with E-state index in [1.54, 1.807) is 10.6 Å². The Hall–Kier alpha value is -2.34. The van der Waals surface area contributed by atoms with Gasteiger partial charge in [0.2, 0.25) is 0 Å². The zero-order valence-corrected chi connectivity index (χ0v) is 15.1. The van der Waals surface area contributed by atoms with Gasteiger partial charge in [-0.3, -0.25) is 4.79 Å². The van der Waals surface area contributed by atoms with Crippen LogP contribution in [0.2, 0.25) is 0 Å². The number of nitrogens with zero attached hydrogens (tertiary/aromatic N) is 2. The van der Waals surface area contributed by atoms with Crippen LogP contribution in [-0.2, 0) is 6.54 Å². The van der Waals surface area contributed by atoms with Gasteiger partial charge in [-0.05, 0) is 38.0 Å². The summed E-state index contributed by atoms with van der Waals surface area (Å²) in [5.74, 6) is -1.66. The minimum absolute atomic E-state index is 0.292. The number of aryl methyl sites for hydroxylation is 3. The van der Waals surface area contributed by atoms with Gasteiger partial charge in [0.05, 0.1) is 10.2 Å². The third-order valence-electron chi connectivity index (χ3n) is 3.95. The van der Waals surface area contributed by atoms with Crippen LogP contribution in [0.1, 0.15) is 34.8 Å². The lowest BCUT2D eigenvalue weighted by atomic mass is 10.1. The van der Waals surface area contributed by atoms with Gasteiger partial charge >= 0.3 is 0 Å². The molecule has 6 heteroatoms. The first kappa shape index (κ1) is 17.5. The summed E-state index contributed by atoms with van der Waals surface area (Å²) >= 11 is 1.12. The average molecular weight is 360 g/mol.